The molecule has 1 fully saturated rings. The predicted molar refractivity (Wildman–Crippen MR) is 60.7 cm³/mol. The Kier molecular flexibility index (Phi) is 2.36. The summed E-state index contributed by atoms with van der Waals surface area (Å²) < 4.78 is 5.13. The molecular formula is C12H11N3O3. The molecule has 18 heavy (non-hydrogen) atoms. The van der Waals surface area contributed by atoms with Crippen molar-refractivity contribution in [2.75, 3.05) is 0 Å². The fraction of sp³-hybridized carbons (Fsp3) is 0.333. The van der Waals surface area contributed by atoms with E-state index < -0.39 is 5.97 Å². The average molecular weight is 245 g/mol. The number of hydrogen-bond acceptors (Lipinski definition) is 5. The average Bonchev–Trinajstić information content (AvgIpc) is 3.02. The number of aryl methyl sites for hydroxylation is 1. The van der Waals surface area contributed by atoms with E-state index in [1.807, 2.05) is 13.0 Å². The largest absolute Gasteiger partial charge is 0.481 e. The molecule has 1 N–H and O–H groups in total. The van der Waals surface area contributed by atoms with Gasteiger partial charge in [-0.1, -0.05) is 5.16 Å². The van der Waals surface area contributed by atoms with E-state index in [9.17, 15) is 4.79 Å². The molecule has 0 aromatic carbocycles. The molecule has 0 amide bonds. The summed E-state index contributed by atoms with van der Waals surface area (Å²) in [5.41, 5.74) is 1.81. The van der Waals surface area contributed by atoms with Crippen molar-refractivity contribution >= 4 is 5.97 Å². The molecular weight excluding hydrogens is 234 g/mol. The van der Waals surface area contributed by atoms with Gasteiger partial charge in [-0.2, -0.15) is 4.98 Å². The van der Waals surface area contributed by atoms with Crippen LogP contribution in [0.2, 0.25) is 0 Å². The Balaban J connectivity index is 1.87. The van der Waals surface area contributed by atoms with Crippen LogP contribution >= 0.6 is 0 Å². The van der Waals surface area contributed by atoms with Gasteiger partial charge in [0.15, 0.2) is 0 Å². The summed E-state index contributed by atoms with van der Waals surface area (Å²) in [5.74, 6) is -0.419. The highest BCUT2D eigenvalue weighted by Gasteiger charge is 2.48. The number of aromatic nitrogens is 3. The van der Waals surface area contributed by atoms with Crippen molar-refractivity contribution in [3.8, 4) is 11.4 Å². The van der Waals surface area contributed by atoms with Crippen LogP contribution in [0.4, 0.5) is 0 Å². The van der Waals surface area contributed by atoms with Gasteiger partial charge in [-0.15, -0.1) is 0 Å². The summed E-state index contributed by atoms with van der Waals surface area (Å²) in [6.45, 7) is 1.91. The van der Waals surface area contributed by atoms with Crippen molar-refractivity contribution in [2.45, 2.75) is 19.3 Å². The van der Waals surface area contributed by atoms with Gasteiger partial charge in [0.05, 0.1) is 11.8 Å². The number of carboxylic acid groups (broad SMARTS) is 1. The van der Waals surface area contributed by atoms with Gasteiger partial charge in [0.25, 0.3) is 0 Å². The Labute approximate surface area is 103 Å². The number of rotatable bonds is 3. The van der Waals surface area contributed by atoms with E-state index >= 15 is 0 Å². The first-order valence-corrected chi connectivity index (χ1v) is 5.64. The van der Waals surface area contributed by atoms with Gasteiger partial charge < -0.3 is 9.63 Å². The zero-order chi connectivity index (χ0) is 12.7. The van der Waals surface area contributed by atoms with Crippen LogP contribution in [0.1, 0.15) is 23.8 Å². The molecule has 6 heteroatoms. The topological polar surface area (TPSA) is 89.1 Å². The number of pyridine rings is 1. The molecule has 2 aromatic heterocycles. The van der Waals surface area contributed by atoms with Gasteiger partial charge in [-0.3, -0.25) is 9.78 Å². The van der Waals surface area contributed by atoms with Gasteiger partial charge >= 0.3 is 5.97 Å². The minimum Gasteiger partial charge on any atom is -0.481 e. The lowest BCUT2D eigenvalue weighted by molar-refractivity contribution is -0.138. The van der Waals surface area contributed by atoms with E-state index in [1.54, 1.807) is 12.4 Å². The van der Waals surface area contributed by atoms with E-state index in [1.165, 1.54) is 0 Å². The molecule has 0 saturated heterocycles. The van der Waals surface area contributed by atoms with Crippen LogP contribution in [0.15, 0.2) is 23.0 Å². The lowest BCUT2D eigenvalue weighted by Crippen LogP contribution is -1.99. The number of carbonyl (C=O) groups is 1. The van der Waals surface area contributed by atoms with Crippen LogP contribution in [0.25, 0.3) is 11.4 Å². The first-order valence-electron chi connectivity index (χ1n) is 5.64. The molecule has 2 atom stereocenters. The molecule has 92 valence electrons. The van der Waals surface area contributed by atoms with Crippen LogP contribution < -0.4 is 0 Å². The first kappa shape index (κ1) is 10.9. The molecule has 1 aliphatic rings. The third-order valence-corrected chi connectivity index (χ3v) is 3.13. The summed E-state index contributed by atoms with van der Waals surface area (Å²) >= 11 is 0. The van der Waals surface area contributed by atoms with E-state index in [0.717, 1.165) is 11.1 Å². The Morgan fingerprint density at radius 3 is 3.06 bits per heavy atom. The Morgan fingerprint density at radius 1 is 1.56 bits per heavy atom. The summed E-state index contributed by atoms with van der Waals surface area (Å²) in [7, 11) is 0. The SMILES string of the molecule is Cc1cnccc1-c1noc(C2CC2C(=O)O)n1. The Bertz CT molecular complexity index is 608. The molecule has 0 aliphatic heterocycles. The maximum atomic E-state index is 10.8. The highest BCUT2D eigenvalue weighted by atomic mass is 16.5. The molecule has 2 aromatic rings. The molecule has 0 bridgehead atoms. The molecule has 2 unspecified atom stereocenters. The van der Waals surface area contributed by atoms with Crippen molar-refractivity contribution in [3.63, 3.8) is 0 Å². The van der Waals surface area contributed by atoms with Gasteiger partial charge in [0.2, 0.25) is 11.7 Å². The third-order valence-electron chi connectivity index (χ3n) is 3.13. The molecule has 6 nitrogen and oxygen atoms in total. The third kappa shape index (κ3) is 1.75. The molecule has 3 rings (SSSR count). The normalized spacial score (nSPS) is 21.8. The van der Waals surface area contributed by atoms with Crippen molar-refractivity contribution < 1.29 is 14.4 Å². The van der Waals surface area contributed by atoms with Crippen molar-refractivity contribution in [1.82, 2.24) is 15.1 Å². The van der Waals surface area contributed by atoms with Crippen molar-refractivity contribution in [3.05, 3.63) is 29.9 Å². The fourth-order valence-corrected chi connectivity index (χ4v) is 1.96. The maximum absolute atomic E-state index is 10.8. The highest BCUT2D eigenvalue weighted by Crippen LogP contribution is 2.47. The Morgan fingerprint density at radius 2 is 2.39 bits per heavy atom. The van der Waals surface area contributed by atoms with E-state index in [-0.39, 0.29) is 11.8 Å². The number of carboxylic acids is 1. The Hall–Kier alpha value is -2.24. The lowest BCUT2D eigenvalue weighted by atomic mass is 10.1. The quantitative estimate of drug-likeness (QED) is 0.883. The van der Waals surface area contributed by atoms with E-state index in [4.69, 9.17) is 9.63 Å². The first-order chi connectivity index (χ1) is 8.66. The summed E-state index contributed by atoms with van der Waals surface area (Å²) in [4.78, 5) is 19.0. The second-order valence-corrected chi connectivity index (χ2v) is 4.43. The zero-order valence-corrected chi connectivity index (χ0v) is 9.70. The molecule has 1 aliphatic carbocycles. The van der Waals surface area contributed by atoms with Gasteiger partial charge in [0.1, 0.15) is 0 Å². The standard InChI is InChI=1S/C12H11N3O3/c1-6-5-13-3-2-7(6)10-14-11(18-15-10)8-4-9(8)12(16)17/h2-3,5,8-9H,4H2,1H3,(H,16,17). The molecule has 0 spiro atoms. The van der Waals surface area contributed by atoms with Gasteiger partial charge in [-0.05, 0) is 25.0 Å². The van der Waals surface area contributed by atoms with E-state index in [2.05, 4.69) is 15.1 Å². The number of nitrogens with zero attached hydrogens (tertiary/aromatic N) is 3. The summed E-state index contributed by atoms with van der Waals surface area (Å²) in [6.07, 6.45) is 3.96. The van der Waals surface area contributed by atoms with Gasteiger partial charge in [-0.25, -0.2) is 0 Å². The van der Waals surface area contributed by atoms with Crippen LogP contribution in [0, 0.1) is 12.8 Å². The highest BCUT2D eigenvalue weighted by molar-refractivity contribution is 5.74. The number of hydrogen-bond donors (Lipinski definition) is 1. The second-order valence-electron chi connectivity index (χ2n) is 4.43. The lowest BCUT2D eigenvalue weighted by Gasteiger charge is -1.97. The van der Waals surface area contributed by atoms with Crippen LogP contribution in [0.3, 0.4) is 0 Å². The summed E-state index contributed by atoms with van der Waals surface area (Å²) in [5, 5.41) is 12.8. The maximum Gasteiger partial charge on any atom is 0.307 e. The van der Waals surface area contributed by atoms with Crippen LogP contribution in [-0.2, 0) is 4.79 Å². The monoisotopic (exact) mass is 245 g/mol. The predicted octanol–water partition coefficient (Wildman–Crippen LogP) is 1.63. The zero-order valence-electron chi connectivity index (χ0n) is 9.70. The molecule has 2 heterocycles. The fourth-order valence-electron chi connectivity index (χ4n) is 1.96. The van der Waals surface area contributed by atoms with Crippen LogP contribution in [0.5, 0.6) is 0 Å². The molecule has 1 saturated carbocycles. The van der Waals surface area contributed by atoms with Crippen molar-refractivity contribution in [1.29, 1.82) is 0 Å². The van der Waals surface area contributed by atoms with E-state index in [0.29, 0.717) is 18.1 Å². The minimum atomic E-state index is -0.806. The molecule has 0 radical (unpaired) electrons. The van der Waals surface area contributed by atoms with Crippen LogP contribution in [-0.4, -0.2) is 26.2 Å². The second kappa shape index (κ2) is 3.90. The van der Waals surface area contributed by atoms with Gasteiger partial charge in [0, 0.05) is 18.0 Å². The smallest absolute Gasteiger partial charge is 0.307 e. The number of aliphatic carboxylic acids is 1. The minimum absolute atomic E-state index is 0.133. The van der Waals surface area contributed by atoms with Crippen molar-refractivity contribution in [2.24, 2.45) is 5.92 Å². The summed E-state index contributed by atoms with van der Waals surface area (Å²) in [6, 6.07) is 1.81.